The highest BCUT2D eigenvalue weighted by atomic mass is 19.4. The van der Waals surface area contributed by atoms with E-state index in [4.69, 9.17) is 5.11 Å². The lowest BCUT2D eigenvalue weighted by Gasteiger charge is -2.23. The van der Waals surface area contributed by atoms with E-state index >= 15 is 0 Å². The fraction of sp³-hybridized carbons (Fsp3) is 0.400. The van der Waals surface area contributed by atoms with Crippen LogP contribution in [0.3, 0.4) is 0 Å². The predicted molar refractivity (Wildman–Crippen MR) is 51.7 cm³/mol. The Labute approximate surface area is 94.3 Å². The van der Waals surface area contributed by atoms with Crippen LogP contribution in [-0.2, 0) is 0 Å². The van der Waals surface area contributed by atoms with Gasteiger partial charge in [0.2, 0.25) is 0 Å². The van der Waals surface area contributed by atoms with Gasteiger partial charge in [0.25, 0.3) is 0 Å². The number of aliphatic hydroxyl groups is 1. The summed E-state index contributed by atoms with van der Waals surface area (Å²) in [6, 6.07) is 1.26. The molecule has 1 aromatic carbocycles. The largest absolute Gasteiger partial charge is 0.418 e. The molecule has 0 bridgehead atoms. The van der Waals surface area contributed by atoms with Crippen LogP contribution in [0.1, 0.15) is 11.7 Å². The summed E-state index contributed by atoms with van der Waals surface area (Å²) in [5.74, 6) is -2.69. The van der Waals surface area contributed by atoms with Crippen LogP contribution in [0.5, 0.6) is 0 Å². The number of anilines is 1. The zero-order chi connectivity index (χ0) is 13.4. The van der Waals surface area contributed by atoms with Crippen molar-refractivity contribution in [2.75, 3.05) is 19.0 Å². The molecule has 1 atom stereocenters. The molecule has 17 heavy (non-hydrogen) atoms. The molecule has 2 nitrogen and oxygen atoms in total. The molecule has 0 fully saturated rings. The van der Waals surface area contributed by atoms with Gasteiger partial charge in [0, 0.05) is 19.7 Å². The average Bonchev–Trinajstić information content (AvgIpc) is 2.18. The second kappa shape index (κ2) is 4.48. The van der Waals surface area contributed by atoms with Gasteiger partial charge < -0.3 is 10.0 Å². The fourth-order valence-electron chi connectivity index (χ4n) is 1.41. The van der Waals surface area contributed by atoms with Crippen molar-refractivity contribution in [2.45, 2.75) is 12.3 Å². The van der Waals surface area contributed by atoms with Gasteiger partial charge in [0.05, 0.1) is 5.69 Å². The molecule has 0 saturated heterocycles. The summed E-state index contributed by atoms with van der Waals surface area (Å²) >= 11 is 0. The molecule has 7 heteroatoms. The van der Waals surface area contributed by atoms with Crippen molar-refractivity contribution in [3.8, 4) is 0 Å². The third kappa shape index (κ3) is 2.66. The first-order valence-electron chi connectivity index (χ1n) is 4.56. The van der Waals surface area contributed by atoms with Crippen LogP contribution in [0.15, 0.2) is 12.1 Å². The third-order valence-corrected chi connectivity index (χ3v) is 2.15. The third-order valence-electron chi connectivity index (χ3n) is 2.15. The molecule has 0 unspecified atom stereocenters. The molecule has 0 radical (unpaired) electrons. The van der Waals surface area contributed by atoms with E-state index < -0.39 is 35.2 Å². The zero-order valence-corrected chi connectivity index (χ0v) is 9.02. The summed E-state index contributed by atoms with van der Waals surface area (Å²) in [5, 5.41) is 9.06. The minimum atomic E-state index is -4.94. The second-order valence-corrected chi connectivity index (χ2v) is 3.64. The minimum Gasteiger partial charge on any atom is -0.379 e. The molecule has 96 valence electrons. The van der Waals surface area contributed by atoms with E-state index in [2.05, 4.69) is 0 Å². The maximum Gasteiger partial charge on any atom is 0.418 e. The van der Waals surface area contributed by atoms with Crippen molar-refractivity contribution in [1.29, 1.82) is 0 Å². The van der Waals surface area contributed by atoms with Gasteiger partial charge in [-0.15, -0.1) is 0 Å². The van der Waals surface area contributed by atoms with Gasteiger partial charge in [0.1, 0.15) is 0 Å². The molecular formula is C10H10F5NO. The predicted octanol–water partition coefficient (Wildman–Crippen LogP) is 2.63. The molecule has 1 rings (SSSR count). The van der Waals surface area contributed by atoms with Gasteiger partial charge in [-0.2, -0.15) is 13.2 Å². The Morgan fingerprint density at radius 1 is 1.18 bits per heavy atom. The molecule has 0 aromatic heterocycles. The molecule has 0 spiro atoms. The number of nitrogens with zero attached hydrogens (tertiary/aromatic N) is 1. The summed E-state index contributed by atoms with van der Waals surface area (Å²) in [6.45, 7) is 0. The average molecular weight is 255 g/mol. The second-order valence-electron chi connectivity index (χ2n) is 3.64. The van der Waals surface area contributed by atoms with Gasteiger partial charge in [-0.1, -0.05) is 6.07 Å². The van der Waals surface area contributed by atoms with E-state index in [9.17, 15) is 22.0 Å². The van der Waals surface area contributed by atoms with E-state index in [1.165, 1.54) is 14.1 Å². The van der Waals surface area contributed by atoms with Crippen LogP contribution < -0.4 is 4.90 Å². The summed E-state index contributed by atoms with van der Waals surface area (Å²) in [4.78, 5) is 0.975. The van der Waals surface area contributed by atoms with Crippen LogP contribution >= 0.6 is 0 Å². The van der Waals surface area contributed by atoms with E-state index in [0.717, 1.165) is 4.90 Å². The van der Waals surface area contributed by atoms with E-state index in [-0.39, 0.29) is 0 Å². The van der Waals surface area contributed by atoms with Crippen molar-refractivity contribution in [3.63, 3.8) is 0 Å². The van der Waals surface area contributed by atoms with Crippen LogP contribution in [0.25, 0.3) is 0 Å². The lowest BCUT2D eigenvalue weighted by molar-refractivity contribution is -0.206. The Bertz CT molecular complexity index is 416. The number of hydrogen-bond acceptors (Lipinski definition) is 2. The Balaban J connectivity index is 3.39. The van der Waals surface area contributed by atoms with Crippen LogP contribution in [-0.4, -0.2) is 25.4 Å². The number of rotatable bonds is 2. The first-order valence-corrected chi connectivity index (χ1v) is 4.56. The molecule has 0 aliphatic rings. The van der Waals surface area contributed by atoms with Gasteiger partial charge >= 0.3 is 6.18 Å². The van der Waals surface area contributed by atoms with Gasteiger partial charge in [-0.3, -0.25) is 0 Å². The Hall–Kier alpha value is -1.37. The summed E-state index contributed by atoms with van der Waals surface area (Å²) in [7, 11) is 2.51. The topological polar surface area (TPSA) is 23.5 Å². The van der Waals surface area contributed by atoms with Crippen molar-refractivity contribution in [1.82, 2.24) is 0 Å². The minimum absolute atomic E-state index is 0.548. The summed E-state index contributed by atoms with van der Waals surface area (Å²) in [5.41, 5.74) is -1.34. The normalized spacial score (nSPS) is 13.6. The lowest BCUT2D eigenvalue weighted by Crippen LogP contribution is -2.24. The Kier molecular flexibility index (Phi) is 3.61. The van der Waals surface area contributed by atoms with Crippen LogP contribution in [0.4, 0.5) is 27.6 Å². The van der Waals surface area contributed by atoms with Crippen molar-refractivity contribution in [3.05, 3.63) is 29.3 Å². The van der Waals surface area contributed by atoms with E-state index in [1.54, 1.807) is 0 Å². The van der Waals surface area contributed by atoms with Gasteiger partial charge in [0.15, 0.2) is 17.7 Å². The number of benzene rings is 1. The van der Waals surface area contributed by atoms with Crippen molar-refractivity contribution in [2.24, 2.45) is 0 Å². The van der Waals surface area contributed by atoms with Gasteiger partial charge in [-0.25, -0.2) is 8.78 Å². The molecule has 1 N–H and O–H groups in total. The molecule has 0 aliphatic carbocycles. The molecule has 0 saturated carbocycles. The van der Waals surface area contributed by atoms with Crippen molar-refractivity contribution >= 4 is 5.69 Å². The maximum absolute atomic E-state index is 13.4. The summed E-state index contributed by atoms with van der Waals surface area (Å²) in [6.07, 6.45) is -7.79. The van der Waals surface area contributed by atoms with Crippen LogP contribution in [0.2, 0.25) is 0 Å². The molecule has 1 aromatic rings. The summed E-state index contributed by atoms with van der Waals surface area (Å²) < 4.78 is 63.3. The Morgan fingerprint density at radius 3 is 2.12 bits per heavy atom. The lowest BCUT2D eigenvalue weighted by atomic mass is 10.1. The quantitative estimate of drug-likeness (QED) is 0.821. The highest BCUT2D eigenvalue weighted by Crippen LogP contribution is 2.38. The number of alkyl halides is 3. The standard InChI is InChI=1S/C10H10F5NO/c1-16(2)8-5(9(17)10(13,14)15)3-4-6(11)7(8)12/h3-4,9,17H,1-2H3/t9-/m0/s1. The smallest absolute Gasteiger partial charge is 0.379 e. The monoisotopic (exact) mass is 255 g/mol. The number of hydrogen-bond donors (Lipinski definition) is 1. The zero-order valence-electron chi connectivity index (χ0n) is 9.02. The highest BCUT2D eigenvalue weighted by Gasteiger charge is 2.41. The van der Waals surface area contributed by atoms with Gasteiger partial charge in [-0.05, 0) is 6.07 Å². The number of halogens is 5. The van der Waals surface area contributed by atoms with Crippen molar-refractivity contribution < 1.29 is 27.1 Å². The molecular weight excluding hydrogens is 245 g/mol. The number of aliphatic hydroxyl groups excluding tert-OH is 1. The molecule has 0 aliphatic heterocycles. The first-order chi connectivity index (χ1) is 7.66. The fourth-order valence-corrected chi connectivity index (χ4v) is 1.41. The molecule has 0 heterocycles. The Morgan fingerprint density at radius 2 is 1.71 bits per heavy atom. The SMILES string of the molecule is CN(C)c1c([C@H](O)C(F)(F)F)ccc(F)c1F. The molecule has 0 amide bonds. The maximum atomic E-state index is 13.4. The van der Waals surface area contributed by atoms with Crippen LogP contribution in [0, 0.1) is 11.6 Å². The van der Waals surface area contributed by atoms with E-state index in [0.29, 0.717) is 12.1 Å². The highest BCUT2D eigenvalue weighted by molar-refractivity contribution is 5.55. The van der Waals surface area contributed by atoms with E-state index in [1.807, 2.05) is 0 Å². The first kappa shape index (κ1) is 13.7.